The molecule has 0 spiro atoms. The predicted octanol–water partition coefficient (Wildman–Crippen LogP) is 2.46. The van der Waals surface area contributed by atoms with Crippen LogP contribution in [0.1, 0.15) is 50.7 Å². The maximum atomic E-state index is 13.8. The molecule has 1 heterocycles. The van der Waals surface area contributed by atoms with Crippen molar-refractivity contribution in [3.63, 3.8) is 0 Å². The molecule has 9 nitrogen and oxygen atoms in total. The molecule has 4 N–H and O–H groups in total. The second-order valence-electron chi connectivity index (χ2n) is 11.5. The molecule has 1 unspecified atom stereocenters. The van der Waals surface area contributed by atoms with Crippen molar-refractivity contribution in [3.8, 4) is 5.75 Å². The van der Waals surface area contributed by atoms with E-state index in [-0.39, 0.29) is 30.2 Å². The molecular formula is C32H42N4O5. The molecule has 3 amide bonds. The molecule has 1 fully saturated rings. The summed E-state index contributed by atoms with van der Waals surface area (Å²) in [6, 6.07) is 14.4. The third kappa shape index (κ3) is 7.74. The van der Waals surface area contributed by atoms with Crippen molar-refractivity contribution < 1.29 is 24.2 Å². The van der Waals surface area contributed by atoms with Crippen LogP contribution in [0.5, 0.6) is 5.75 Å². The molecule has 220 valence electrons. The largest absolute Gasteiger partial charge is 0.492 e. The number of aliphatic hydroxyl groups is 1. The maximum Gasteiger partial charge on any atom is 0.246 e. The Morgan fingerprint density at radius 1 is 1.00 bits per heavy atom. The van der Waals surface area contributed by atoms with E-state index in [0.717, 1.165) is 24.0 Å². The van der Waals surface area contributed by atoms with E-state index in [1.54, 1.807) is 0 Å². The van der Waals surface area contributed by atoms with Crippen LogP contribution < -0.4 is 20.7 Å². The van der Waals surface area contributed by atoms with Crippen LogP contribution in [-0.4, -0.2) is 78.2 Å². The Morgan fingerprint density at radius 2 is 1.68 bits per heavy atom. The zero-order chi connectivity index (χ0) is 29.6. The van der Waals surface area contributed by atoms with E-state index in [9.17, 15) is 19.5 Å². The number of carbonyl (C=O) groups is 3. The minimum atomic E-state index is -1.57. The van der Waals surface area contributed by atoms with Gasteiger partial charge in [-0.25, -0.2) is 0 Å². The van der Waals surface area contributed by atoms with Crippen molar-refractivity contribution in [3.05, 3.63) is 71.8 Å². The van der Waals surface area contributed by atoms with Gasteiger partial charge in [0, 0.05) is 31.6 Å². The summed E-state index contributed by atoms with van der Waals surface area (Å²) < 4.78 is 6.02. The van der Waals surface area contributed by atoms with E-state index in [1.165, 1.54) is 25.8 Å². The van der Waals surface area contributed by atoms with E-state index >= 15 is 0 Å². The second-order valence-corrected chi connectivity index (χ2v) is 11.5. The Bertz CT molecular complexity index is 1240. The number of carbonyl (C=O) groups excluding carboxylic acids is 3. The summed E-state index contributed by atoms with van der Waals surface area (Å²) in [5.74, 6) is -0.780. The minimum absolute atomic E-state index is 0.146. The summed E-state index contributed by atoms with van der Waals surface area (Å²) in [6.07, 6.45) is 5.53. The lowest BCUT2D eigenvalue weighted by atomic mass is 9.90. The van der Waals surface area contributed by atoms with Crippen LogP contribution in [0.4, 0.5) is 0 Å². The fourth-order valence-electron chi connectivity index (χ4n) is 5.38. The van der Waals surface area contributed by atoms with E-state index in [2.05, 4.69) is 16.0 Å². The number of benzene rings is 2. The van der Waals surface area contributed by atoms with Crippen LogP contribution in [0, 0.1) is 5.92 Å². The summed E-state index contributed by atoms with van der Waals surface area (Å²) in [4.78, 5) is 42.4. The first-order chi connectivity index (χ1) is 19.6. The molecule has 1 aliphatic carbocycles. The van der Waals surface area contributed by atoms with Gasteiger partial charge in [0.2, 0.25) is 17.7 Å². The zero-order valence-electron chi connectivity index (χ0n) is 24.3. The van der Waals surface area contributed by atoms with Crippen molar-refractivity contribution in [2.45, 2.75) is 63.3 Å². The summed E-state index contributed by atoms with van der Waals surface area (Å²) in [7, 11) is 1.53. The van der Waals surface area contributed by atoms with Crippen LogP contribution in [0.2, 0.25) is 0 Å². The lowest BCUT2D eigenvalue weighted by Crippen LogP contribution is -2.63. The van der Waals surface area contributed by atoms with Gasteiger partial charge in [0.05, 0.1) is 11.6 Å². The van der Waals surface area contributed by atoms with Gasteiger partial charge in [-0.2, -0.15) is 0 Å². The number of nitrogens with one attached hydrogen (secondary N) is 3. The Labute approximate surface area is 242 Å². The van der Waals surface area contributed by atoms with Gasteiger partial charge in [0.15, 0.2) is 0 Å². The topological polar surface area (TPSA) is 120 Å². The first-order valence-electron chi connectivity index (χ1n) is 14.3. The van der Waals surface area contributed by atoms with E-state index in [1.807, 2.05) is 73.7 Å². The molecule has 2 aliphatic rings. The number of ether oxygens (including phenoxy) is 1. The molecule has 0 radical (unpaired) electrons. The summed E-state index contributed by atoms with van der Waals surface area (Å²) >= 11 is 0. The maximum absolute atomic E-state index is 13.8. The number of likely N-dealkylation sites (N-methyl/N-ethyl adjacent to an activating group) is 1. The fraction of sp³-hybridized carbons (Fsp3) is 0.469. The van der Waals surface area contributed by atoms with Gasteiger partial charge in [0.1, 0.15) is 24.4 Å². The monoisotopic (exact) mass is 562 g/mol. The lowest BCUT2D eigenvalue weighted by molar-refractivity contribution is -0.150. The van der Waals surface area contributed by atoms with Crippen LogP contribution in [-0.2, 0) is 14.4 Å². The zero-order valence-corrected chi connectivity index (χ0v) is 24.3. The highest BCUT2D eigenvalue weighted by Gasteiger charge is 2.45. The molecule has 2 aromatic carbocycles. The van der Waals surface area contributed by atoms with Crippen LogP contribution in [0.3, 0.4) is 0 Å². The van der Waals surface area contributed by atoms with Gasteiger partial charge in [-0.3, -0.25) is 14.4 Å². The average molecular weight is 563 g/mol. The van der Waals surface area contributed by atoms with Gasteiger partial charge in [-0.05, 0) is 44.2 Å². The lowest BCUT2D eigenvalue weighted by Gasteiger charge is -2.38. The number of hydrogen-bond acceptors (Lipinski definition) is 6. The second kappa shape index (κ2) is 13.3. The minimum Gasteiger partial charge on any atom is -0.492 e. The molecule has 4 atom stereocenters. The van der Waals surface area contributed by atoms with Crippen molar-refractivity contribution in [2.75, 3.05) is 26.7 Å². The molecule has 0 bridgehead atoms. The van der Waals surface area contributed by atoms with Gasteiger partial charge in [-0.1, -0.05) is 67.6 Å². The first-order valence-corrected chi connectivity index (χ1v) is 14.3. The summed E-state index contributed by atoms with van der Waals surface area (Å²) in [6.45, 7) is 5.88. The van der Waals surface area contributed by atoms with Crippen LogP contribution in [0.25, 0.3) is 6.08 Å². The van der Waals surface area contributed by atoms with E-state index in [0.29, 0.717) is 18.9 Å². The predicted molar refractivity (Wildman–Crippen MR) is 158 cm³/mol. The Hall–Kier alpha value is -3.69. The highest BCUT2D eigenvalue weighted by molar-refractivity contribution is 5.94. The Kier molecular flexibility index (Phi) is 9.83. The number of rotatable bonds is 4. The quantitative estimate of drug-likeness (QED) is 0.455. The third-order valence-corrected chi connectivity index (χ3v) is 7.75. The molecule has 2 aromatic rings. The Balaban J connectivity index is 1.68. The Morgan fingerprint density at radius 3 is 2.37 bits per heavy atom. The average Bonchev–Trinajstić information content (AvgIpc) is 3.78. The van der Waals surface area contributed by atoms with Gasteiger partial charge < -0.3 is 30.7 Å². The SMILES string of the molecule is CC(c1ccccc1)[C@H]1NC(=O)[C@H](C(C)(C)O)N(C)C(=O)[C@H](C2CC2)NCCOc2ccccc2C=CCNC1=O. The molecule has 1 saturated carbocycles. The molecule has 9 heteroatoms. The van der Waals surface area contributed by atoms with Crippen molar-refractivity contribution in [1.82, 2.24) is 20.9 Å². The number of para-hydroxylation sites is 1. The van der Waals surface area contributed by atoms with Crippen molar-refractivity contribution >= 4 is 23.8 Å². The number of amides is 3. The normalized spacial score (nSPS) is 24.3. The smallest absolute Gasteiger partial charge is 0.246 e. The highest BCUT2D eigenvalue weighted by atomic mass is 16.5. The molecule has 0 saturated heterocycles. The number of fused-ring (bicyclic) bond motifs is 1. The first kappa shape index (κ1) is 30.3. The van der Waals surface area contributed by atoms with Crippen LogP contribution >= 0.6 is 0 Å². The third-order valence-electron chi connectivity index (χ3n) is 7.75. The summed E-state index contributed by atoms with van der Waals surface area (Å²) in [5.41, 5.74) is 0.169. The molecular weight excluding hydrogens is 520 g/mol. The standard InChI is InChI=1S/C32H42N4O5/c1-21(22-11-6-5-7-12-22)26-29(37)34-18-10-14-23-13-8-9-15-25(23)41-20-19-33-27(24-16-17-24)31(39)36(4)28(30(38)35-26)32(2,3)40/h5-15,21,24,26-28,33,40H,16-20H2,1-4H3,(H,34,37)(H,35,38)/t21?,26-,27+,28-/m1/s1. The van der Waals surface area contributed by atoms with Crippen molar-refractivity contribution in [1.29, 1.82) is 0 Å². The van der Waals surface area contributed by atoms with E-state index in [4.69, 9.17) is 4.74 Å². The van der Waals surface area contributed by atoms with Gasteiger partial charge in [0.25, 0.3) is 0 Å². The molecule has 4 rings (SSSR count). The van der Waals surface area contributed by atoms with E-state index < -0.39 is 29.6 Å². The van der Waals surface area contributed by atoms with Gasteiger partial charge in [-0.15, -0.1) is 0 Å². The highest BCUT2D eigenvalue weighted by Crippen LogP contribution is 2.34. The molecule has 41 heavy (non-hydrogen) atoms. The van der Waals surface area contributed by atoms with Gasteiger partial charge >= 0.3 is 0 Å². The fourth-order valence-corrected chi connectivity index (χ4v) is 5.38. The van der Waals surface area contributed by atoms with Crippen molar-refractivity contribution in [2.24, 2.45) is 5.92 Å². The molecule has 0 aromatic heterocycles. The molecule has 1 aliphatic heterocycles. The number of nitrogens with zero attached hydrogens (tertiary/aromatic N) is 1. The van der Waals surface area contributed by atoms with Crippen LogP contribution in [0.15, 0.2) is 60.7 Å². The number of hydrogen-bond donors (Lipinski definition) is 4. The summed E-state index contributed by atoms with van der Waals surface area (Å²) in [5, 5.41) is 20.2.